The highest BCUT2D eigenvalue weighted by Crippen LogP contribution is 2.29. The lowest BCUT2D eigenvalue weighted by molar-refractivity contribution is -0.104. The molecule has 0 fully saturated rings. The Morgan fingerprint density at radius 2 is 2.00 bits per heavy atom. The number of phenols is 1. The van der Waals surface area contributed by atoms with Crippen LogP contribution in [-0.4, -0.2) is 24.8 Å². The molecule has 15 heavy (non-hydrogen) atoms. The van der Waals surface area contributed by atoms with Crippen molar-refractivity contribution in [1.29, 1.82) is 0 Å². The van der Waals surface area contributed by atoms with Crippen molar-refractivity contribution in [3.05, 3.63) is 29.3 Å². The summed E-state index contributed by atoms with van der Waals surface area (Å²) in [7, 11) is 1.41. The van der Waals surface area contributed by atoms with Crippen LogP contribution >= 0.6 is 0 Å². The van der Waals surface area contributed by atoms with Gasteiger partial charge >= 0.3 is 0 Å². The van der Waals surface area contributed by atoms with Gasteiger partial charge in [0.25, 0.3) is 0 Å². The molecule has 78 valence electrons. The SMILES string of the molecule is COc1cc(C=CC=O)c(C=O)cc1O. The minimum Gasteiger partial charge on any atom is -0.504 e. The fourth-order valence-corrected chi connectivity index (χ4v) is 1.15. The zero-order valence-electron chi connectivity index (χ0n) is 8.14. The van der Waals surface area contributed by atoms with Crippen molar-refractivity contribution in [2.45, 2.75) is 0 Å². The predicted molar refractivity (Wildman–Crippen MR) is 55.1 cm³/mol. The van der Waals surface area contributed by atoms with Gasteiger partial charge in [-0.3, -0.25) is 9.59 Å². The average Bonchev–Trinajstić information content (AvgIpc) is 2.26. The standard InChI is InChI=1S/C11H10O4/c1-15-11-6-8(3-2-4-12)9(7-13)5-10(11)14/h2-7,14H,1H3. The fraction of sp³-hybridized carbons (Fsp3) is 0.0909. The lowest BCUT2D eigenvalue weighted by atomic mass is 10.1. The van der Waals surface area contributed by atoms with Crippen molar-refractivity contribution in [3.63, 3.8) is 0 Å². The Hall–Kier alpha value is -2.10. The van der Waals surface area contributed by atoms with Gasteiger partial charge in [0, 0.05) is 5.56 Å². The van der Waals surface area contributed by atoms with Gasteiger partial charge in [-0.25, -0.2) is 0 Å². The van der Waals surface area contributed by atoms with Gasteiger partial charge in [-0.1, -0.05) is 6.08 Å². The molecule has 0 aromatic heterocycles. The maximum atomic E-state index is 10.7. The molecule has 0 radical (unpaired) electrons. The van der Waals surface area contributed by atoms with E-state index < -0.39 is 0 Å². The lowest BCUT2D eigenvalue weighted by Gasteiger charge is -2.06. The second-order valence-corrected chi connectivity index (χ2v) is 2.77. The number of rotatable bonds is 4. The first-order chi connectivity index (χ1) is 7.22. The molecule has 0 bridgehead atoms. The third-order valence-corrected chi connectivity index (χ3v) is 1.87. The van der Waals surface area contributed by atoms with Crippen LogP contribution in [0.25, 0.3) is 6.08 Å². The summed E-state index contributed by atoms with van der Waals surface area (Å²) < 4.78 is 4.88. The van der Waals surface area contributed by atoms with E-state index in [1.165, 1.54) is 31.4 Å². The van der Waals surface area contributed by atoms with Crippen LogP contribution < -0.4 is 4.74 Å². The third-order valence-electron chi connectivity index (χ3n) is 1.87. The predicted octanol–water partition coefficient (Wildman–Crippen LogP) is 1.43. The van der Waals surface area contributed by atoms with Crippen molar-refractivity contribution in [3.8, 4) is 11.5 Å². The molecule has 0 heterocycles. The first kappa shape index (κ1) is 11.0. The zero-order valence-corrected chi connectivity index (χ0v) is 8.14. The molecule has 0 aliphatic heterocycles. The van der Waals surface area contributed by atoms with Gasteiger partial charge in [0.05, 0.1) is 7.11 Å². The number of ether oxygens (including phenoxy) is 1. The van der Waals surface area contributed by atoms with E-state index in [2.05, 4.69) is 0 Å². The van der Waals surface area contributed by atoms with Crippen molar-refractivity contribution < 1.29 is 19.4 Å². The van der Waals surface area contributed by atoms with Gasteiger partial charge < -0.3 is 9.84 Å². The topological polar surface area (TPSA) is 63.6 Å². The maximum absolute atomic E-state index is 10.7. The Morgan fingerprint density at radius 3 is 2.53 bits per heavy atom. The molecular weight excluding hydrogens is 196 g/mol. The van der Waals surface area contributed by atoms with E-state index in [0.717, 1.165) is 0 Å². The van der Waals surface area contributed by atoms with Crippen molar-refractivity contribution >= 4 is 18.6 Å². The summed E-state index contributed by atoms with van der Waals surface area (Å²) in [6, 6.07) is 2.77. The van der Waals surface area contributed by atoms with E-state index in [1.54, 1.807) is 0 Å². The Labute approximate surface area is 86.8 Å². The van der Waals surface area contributed by atoms with Gasteiger partial charge in [0.15, 0.2) is 17.8 Å². The monoisotopic (exact) mass is 206 g/mol. The van der Waals surface area contributed by atoms with Crippen LogP contribution in [0.1, 0.15) is 15.9 Å². The van der Waals surface area contributed by atoms with Gasteiger partial charge in [-0.05, 0) is 23.8 Å². The molecule has 1 aromatic rings. The molecule has 0 saturated carbocycles. The lowest BCUT2D eigenvalue weighted by Crippen LogP contribution is -1.90. The number of aldehydes is 2. The Bertz CT molecular complexity index is 407. The largest absolute Gasteiger partial charge is 0.504 e. The first-order valence-electron chi connectivity index (χ1n) is 4.21. The summed E-state index contributed by atoms with van der Waals surface area (Å²) in [6.07, 6.45) is 3.94. The van der Waals surface area contributed by atoms with E-state index >= 15 is 0 Å². The van der Waals surface area contributed by atoms with Crippen molar-refractivity contribution in [1.82, 2.24) is 0 Å². The van der Waals surface area contributed by atoms with Gasteiger partial charge in [-0.15, -0.1) is 0 Å². The Morgan fingerprint density at radius 1 is 1.27 bits per heavy atom. The average molecular weight is 206 g/mol. The second kappa shape index (κ2) is 4.95. The smallest absolute Gasteiger partial charge is 0.161 e. The molecule has 0 atom stereocenters. The molecule has 1 aromatic carbocycles. The quantitative estimate of drug-likeness (QED) is 0.597. The molecule has 4 heteroatoms. The Kier molecular flexibility index (Phi) is 3.62. The molecule has 0 saturated heterocycles. The third kappa shape index (κ3) is 2.43. The highest BCUT2D eigenvalue weighted by molar-refractivity contribution is 5.86. The number of phenolic OH excluding ortho intramolecular Hbond substituents is 1. The van der Waals surface area contributed by atoms with Crippen LogP contribution in [0.4, 0.5) is 0 Å². The first-order valence-corrected chi connectivity index (χ1v) is 4.21. The van der Waals surface area contributed by atoms with E-state index in [-0.39, 0.29) is 11.5 Å². The number of hydrogen-bond donors (Lipinski definition) is 1. The van der Waals surface area contributed by atoms with Crippen LogP contribution in [0, 0.1) is 0 Å². The van der Waals surface area contributed by atoms with Crippen LogP contribution in [0.2, 0.25) is 0 Å². The zero-order chi connectivity index (χ0) is 11.3. The number of carbonyl (C=O) groups excluding carboxylic acids is 2. The summed E-state index contributed by atoms with van der Waals surface area (Å²) in [5.74, 6) is 0.147. The number of allylic oxidation sites excluding steroid dienone is 1. The second-order valence-electron chi connectivity index (χ2n) is 2.77. The minimum absolute atomic E-state index is 0.108. The summed E-state index contributed by atoms with van der Waals surface area (Å²) in [5, 5.41) is 9.39. The van der Waals surface area contributed by atoms with Crippen LogP contribution in [0.5, 0.6) is 11.5 Å². The number of aromatic hydroxyl groups is 1. The molecule has 0 aliphatic carbocycles. The van der Waals surface area contributed by atoms with Gasteiger partial charge in [0.2, 0.25) is 0 Å². The molecule has 0 spiro atoms. The van der Waals surface area contributed by atoms with Crippen LogP contribution in [0.15, 0.2) is 18.2 Å². The summed E-state index contributed by atoms with van der Waals surface area (Å²) in [4.78, 5) is 20.8. The highest BCUT2D eigenvalue weighted by Gasteiger charge is 2.06. The molecule has 0 unspecified atom stereocenters. The molecule has 1 N–H and O–H groups in total. The summed E-state index contributed by atoms with van der Waals surface area (Å²) in [6.45, 7) is 0. The molecule has 0 amide bonds. The van der Waals surface area contributed by atoms with Crippen molar-refractivity contribution in [2.24, 2.45) is 0 Å². The maximum Gasteiger partial charge on any atom is 0.161 e. The van der Waals surface area contributed by atoms with Crippen LogP contribution in [-0.2, 0) is 4.79 Å². The van der Waals surface area contributed by atoms with Gasteiger partial charge in [0.1, 0.15) is 6.29 Å². The number of benzene rings is 1. The van der Waals surface area contributed by atoms with E-state index in [4.69, 9.17) is 4.74 Å². The number of hydrogen-bond acceptors (Lipinski definition) is 4. The summed E-state index contributed by atoms with van der Waals surface area (Å²) in [5.41, 5.74) is 0.818. The highest BCUT2D eigenvalue weighted by atomic mass is 16.5. The molecule has 0 aliphatic rings. The normalized spacial score (nSPS) is 10.2. The van der Waals surface area contributed by atoms with Crippen molar-refractivity contribution in [2.75, 3.05) is 7.11 Å². The number of carbonyl (C=O) groups is 2. The molecule has 4 nitrogen and oxygen atoms in total. The van der Waals surface area contributed by atoms with E-state index in [9.17, 15) is 14.7 Å². The minimum atomic E-state index is -0.108. The van der Waals surface area contributed by atoms with Crippen LogP contribution in [0.3, 0.4) is 0 Å². The van der Waals surface area contributed by atoms with E-state index in [0.29, 0.717) is 23.7 Å². The summed E-state index contributed by atoms with van der Waals surface area (Å²) >= 11 is 0. The Balaban J connectivity index is 3.27. The fourth-order valence-electron chi connectivity index (χ4n) is 1.15. The molecule has 1 rings (SSSR count). The molecular formula is C11H10O4. The van der Waals surface area contributed by atoms with Gasteiger partial charge in [-0.2, -0.15) is 0 Å². The van der Waals surface area contributed by atoms with E-state index in [1.807, 2.05) is 0 Å². The number of methoxy groups -OCH3 is 1.